The molecular weight excluding hydrogens is 301 g/mol. The molecule has 2 unspecified atom stereocenters. The summed E-state index contributed by atoms with van der Waals surface area (Å²) in [4.78, 5) is 11.0. The van der Waals surface area contributed by atoms with E-state index < -0.39 is 0 Å². The molecule has 2 atom stereocenters. The molecule has 4 nitrogen and oxygen atoms in total. The molecule has 0 aromatic heterocycles. The highest BCUT2D eigenvalue weighted by atomic mass is 35.5. The first kappa shape index (κ1) is 15.6. The number of carbonyl (C=O) groups excluding carboxylic acids is 1. The van der Waals surface area contributed by atoms with E-state index in [0.717, 1.165) is 18.7 Å². The van der Waals surface area contributed by atoms with E-state index in [2.05, 4.69) is 5.32 Å². The first-order valence-corrected chi connectivity index (χ1v) is 7.24. The van der Waals surface area contributed by atoms with Crippen molar-refractivity contribution in [2.45, 2.75) is 13.0 Å². The van der Waals surface area contributed by atoms with E-state index in [0.29, 0.717) is 23.3 Å². The Morgan fingerprint density at radius 2 is 2.25 bits per heavy atom. The largest absolute Gasteiger partial charge is 0.465 e. The average Bonchev–Trinajstić information content (AvgIpc) is 2.65. The van der Waals surface area contributed by atoms with Gasteiger partial charge in [0.15, 0.2) is 0 Å². The Morgan fingerprint density at radius 1 is 1.45 bits per heavy atom. The van der Waals surface area contributed by atoms with Crippen molar-refractivity contribution in [3.05, 3.63) is 33.8 Å². The molecule has 0 saturated carbocycles. The number of ether oxygens (including phenoxy) is 2. The lowest BCUT2D eigenvalue weighted by Gasteiger charge is -2.25. The zero-order valence-electron chi connectivity index (χ0n) is 11.2. The van der Waals surface area contributed by atoms with Crippen molar-refractivity contribution >= 4 is 29.2 Å². The van der Waals surface area contributed by atoms with Gasteiger partial charge in [-0.2, -0.15) is 0 Å². The van der Waals surface area contributed by atoms with Gasteiger partial charge in [-0.15, -0.1) is 0 Å². The molecule has 0 bridgehead atoms. The maximum Gasteiger partial charge on any atom is 0.302 e. The Kier molecular flexibility index (Phi) is 5.66. The summed E-state index contributed by atoms with van der Waals surface area (Å²) in [5.41, 5.74) is 0.945. The van der Waals surface area contributed by atoms with Crippen LogP contribution >= 0.6 is 23.2 Å². The minimum atomic E-state index is -0.290. The minimum absolute atomic E-state index is 0.0404. The fourth-order valence-corrected chi connectivity index (χ4v) is 2.52. The van der Waals surface area contributed by atoms with Crippen molar-refractivity contribution in [1.82, 2.24) is 5.32 Å². The third kappa shape index (κ3) is 4.09. The van der Waals surface area contributed by atoms with E-state index in [1.807, 2.05) is 6.07 Å². The summed E-state index contributed by atoms with van der Waals surface area (Å²) in [7, 11) is 0. The number of esters is 1. The first-order valence-electron chi connectivity index (χ1n) is 6.48. The van der Waals surface area contributed by atoms with Gasteiger partial charge in [-0.1, -0.05) is 29.3 Å². The predicted molar refractivity (Wildman–Crippen MR) is 78.1 cm³/mol. The lowest BCUT2D eigenvalue weighted by atomic mass is 9.96. The Hall–Kier alpha value is -0.810. The number of carbonyl (C=O) groups is 1. The van der Waals surface area contributed by atoms with Crippen LogP contribution in [0, 0.1) is 5.92 Å². The maximum absolute atomic E-state index is 11.0. The Balaban J connectivity index is 2.18. The van der Waals surface area contributed by atoms with Crippen LogP contribution in [-0.4, -0.2) is 32.3 Å². The quantitative estimate of drug-likeness (QED) is 0.871. The van der Waals surface area contributed by atoms with Crippen LogP contribution in [0.2, 0.25) is 10.0 Å². The molecule has 1 aliphatic rings. The lowest BCUT2D eigenvalue weighted by molar-refractivity contribution is -0.143. The van der Waals surface area contributed by atoms with E-state index in [4.69, 9.17) is 32.7 Å². The van der Waals surface area contributed by atoms with E-state index in [1.54, 1.807) is 12.1 Å². The van der Waals surface area contributed by atoms with Crippen LogP contribution in [0.25, 0.3) is 0 Å². The number of hydrogen-bond acceptors (Lipinski definition) is 4. The summed E-state index contributed by atoms with van der Waals surface area (Å²) in [5.74, 6) is -0.249. The molecule has 1 heterocycles. The molecule has 1 aromatic carbocycles. The fraction of sp³-hybridized carbons (Fsp3) is 0.500. The second-order valence-corrected chi connectivity index (χ2v) is 5.55. The number of halogens is 2. The van der Waals surface area contributed by atoms with Crippen LogP contribution in [0.3, 0.4) is 0 Å². The topological polar surface area (TPSA) is 47.6 Å². The highest BCUT2D eigenvalue weighted by Gasteiger charge is 2.27. The highest BCUT2D eigenvalue weighted by molar-refractivity contribution is 6.42. The van der Waals surface area contributed by atoms with Gasteiger partial charge in [0.25, 0.3) is 0 Å². The van der Waals surface area contributed by atoms with Crippen molar-refractivity contribution in [2.75, 3.05) is 26.3 Å². The molecule has 1 N–H and O–H groups in total. The molecule has 0 spiro atoms. The van der Waals surface area contributed by atoms with Gasteiger partial charge in [0.1, 0.15) is 0 Å². The summed E-state index contributed by atoms with van der Waals surface area (Å²) in [6.07, 6.45) is -0.167. The number of rotatable bonds is 3. The summed E-state index contributed by atoms with van der Waals surface area (Å²) in [6.45, 7) is 3.81. The monoisotopic (exact) mass is 317 g/mol. The van der Waals surface area contributed by atoms with Crippen LogP contribution in [0.4, 0.5) is 0 Å². The molecule has 1 fully saturated rings. The van der Waals surface area contributed by atoms with Gasteiger partial charge in [0.05, 0.1) is 29.4 Å². The van der Waals surface area contributed by atoms with Crippen LogP contribution in [0.15, 0.2) is 18.2 Å². The SMILES string of the molecule is CC(=O)OCC1CNCCOC1c1ccc(Cl)c(Cl)c1. The molecule has 0 aliphatic carbocycles. The second-order valence-electron chi connectivity index (χ2n) is 4.73. The van der Waals surface area contributed by atoms with Crippen molar-refractivity contribution < 1.29 is 14.3 Å². The van der Waals surface area contributed by atoms with Gasteiger partial charge < -0.3 is 14.8 Å². The molecule has 1 aliphatic heterocycles. The number of hydrogen-bond donors (Lipinski definition) is 1. The van der Waals surface area contributed by atoms with Gasteiger partial charge in [0.2, 0.25) is 0 Å². The Labute approximate surface area is 128 Å². The van der Waals surface area contributed by atoms with E-state index in [-0.39, 0.29) is 18.0 Å². The average molecular weight is 318 g/mol. The van der Waals surface area contributed by atoms with E-state index in [1.165, 1.54) is 6.92 Å². The van der Waals surface area contributed by atoms with Crippen LogP contribution in [0.5, 0.6) is 0 Å². The van der Waals surface area contributed by atoms with Crippen molar-refractivity contribution in [3.63, 3.8) is 0 Å². The molecule has 2 rings (SSSR count). The standard InChI is InChI=1S/C14H17Cl2NO3/c1-9(18)20-8-11-7-17-4-5-19-14(11)10-2-3-12(15)13(16)6-10/h2-3,6,11,14,17H,4-5,7-8H2,1H3. The smallest absolute Gasteiger partial charge is 0.302 e. The first-order chi connectivity index (χ1) is 9.58. The summed E-state index contributed by atoms with van der Waals surface area (Å²) in [5, 5.41) is 4.28. The minimum Gasteiger partial charge on any atom is -0.465 e. The summed E-state index contributed by atoms with van der Waals surface area (Å²) >= 11 is 12.0. The van der Waals surface area contributed by atoms with Gasteiger partial charge in [0, 0.05) is 25.9 Å². The van der Waals surface area contributed by atoms with Crippen molar-refractivity contribution in [2.24, 2.45) is 5.92 Å². The van der Waals surface area contributed by atoms with Gasteiger partial charge >= 0.3 is 5.97 Å². The number of benzene rings is 1. The van der Waals surface area contributed by atoms with Gasteiger partial charge in [-0.25, -0.2) is 0 Å². The predicted octanol–water partition coefficient (Wildman–Crippen LogP) is 2.83. The fourth-order valence-electron chi connectivity index (χ4n) is 2.22. The van der Waals surface area contributed by atoms with Crippen LogP contribution in [-0.2, 0) is 14.3 Å². The third-order valence-corrected chi connectivity index (χ3v) is 3.92. The van der Waals surface area contributed by atoms with Gasteiger partial charge in [-0.3, -0.25) is 4.79 Å². The maximum atomic E-state index is 11.0. The molecule has 20 heavy (non-hydrogen) atoms. The van der Waals surface area contributed by atoms with Crippen molar-refractivity contribution in [3.8, 4) is 0 Å². The summed E-state index contributed by atoms with van der Waals surface area (Å²) < 4.78 is 11.0. The van der Waals surface area contributed by atoms with Crippen molar-refractivity contribution in [1.29, 1.82) is 0 Å². The van der Waals surface area contributed by atoms with E-state index in [9.17, 15) is 4.79 Å². The lowest BCUT2D eigenvalue weighted by Crippen LogP contribution is -2.29. The highest BCUT2D eigenvalue weighted by Crippen LogP contribution is 2.32. The van der Waals surface area contributed by atoms with E-state index >= 15 is 0 Å². The van der Waals surface area contributed by atoms with Crippen LogP contribution in [0.1, 0.15) is 18.6 Å². The molecule has 6 heteroatoms. The molecule has 110 valence electrons. The van der Waals surface area contributed by atoms with Crippen LogP contribution < -0.4 is 5.32 Å². The Morgan fingerprint density at radius 3 is 2.95 bits per heavy atom. The molecule has 0 amide bonds. The zero-order chi connectivity index (χ0) is 14.5. The summed E-state index contributed by atoms with van der Waals surface area (Å²) in [6, 6.07) is 5.45. The molecule has 0 radical (unpaired) electrons. The zero-order valence-corrected chi connectivity index (χ0v) is 12.7. The second kappa shape index (κ2) is 7.27. The molecule has 1 aromatic rings. The molecular formula is C14H17Cl2NO3. The Bertz CT molecular complexity index is 481. The normalized spacial score (nSPS) is 23.1. The number of nitrogens with one attached hydrogen (secondary N) is 1. The molecule has 1 saturated heterocycles. The van der Waals surface area contributed by atoms with Gasteiger partial charge in [-0.05, 0) is 17.7 Å². The third-order valence-electron chi connectivity index (χ3n) is 3.18.